The second-order valence-corrected chi connectivity index (χ2v) is 6.07. The van der Waals surface area contributed by atoms with Crippen molar-refractivity contribution in [1.29, 1.82) is 0 Å². The van der Waals surface area contributed by atoms with Crippen molar-refractivity contribution < 1.29 is 14.3 Å². The lowest BCUT2D eigenvalue weighted by Crippen LogP contribution is -2.12. The maximum Gasteiger partial charge on any atom is 0.341 e. The Hall–Kier alpha value is -3.41. The number of nitrogens with zero attached hydrogens (tertiary/aromatic N) is 1. The Morgan fingerprint density at radius 3 is 2.67 bits per heavy atom. The number of hydrogen-bond donors (Lipinski definition) is 2. The number of nitrogen functional groups attached to an aromatic ring is 1. The topological polar surface area (TPSA) is 94.3 Å². The molecule has 0 spiro atoms. The molecule has 2 aromatic carbocycles. The van der Waals surface area contributed by atoms with E-state index in [1.54, 1.807) is 25.1 Å². The number of fused-ring (bicyclic) bond motifs is 1. The Labute approximate surface area is 157 Å². The molecule has 27 heavy (non-hydrogen) atoms. The summed E-state index contributed by atoms with van der Waals surface area (Å²) < 4.78 is 5.00. The van der Waals surface area contributed by atoms with Crippen molar-refractivity contribution in [1.82, 2.24) is 4.98 Å². The number of nitrogens with two attached hydrogens (primary N) is 1. The molecule has 6 nitrogen and oxygen atoms in total. The van der Waals surface area contributed by atoms with Crippen LogP contribution in [0.5, 0.6) is 0 Å². The third-order valence-corrected chi connectivity index (χ3v) is 4.17. The Kier molecular flexibility index (Phi) is 5.66. The first-order valence-corrected chi connectivity index (χ1v) is 8.77. The lowest BCUT2D eigenvalue weighted by atomic mass is 10.1. The molecule has 0 saturated carbocycles. The zero-order chi connectivity index (χ0) is 19.2. The summed E-state index contributed by atoms with van der Waals surface area (Å²) in [5, 5.41) is 3.47. The minimum absolute atomic E-state index is 0.0914. The molecule has 0 aliphatic carbocycles. The average Bonchev–Trinajstić information content (AvgIpc) is 2.68. The standard InChI is InChI=1S/C21H21N3O3/c1-2-27-21(26)17-13-23-18-10-9-15(12-16(18)20(17)22)24-19(25)11-8-14-6-4-3-5-7-14/h3-7,9-10,12-13H,2,8,11H2,1H3,(H2,22,23)(H,24,25). The average molecular weight is 363 g/mol. The van der Waals surface area contributed by atoms with Crippen LogP contribution in [0.1, 0.15) is 29.3 Å². The number of amides is 1. The summed E-state index contributed by atoms with van der Waals surface area (Å²) in [5.74, 6) is -0.604. The molecule has 0 radical (unpaired) electrons. The highest BCUT2D eigenvalue weighted by atomic mass is 16.5. The lowest BCUT2D eigenvalue weighted by molar-refractivity contribution is -0.116. The van der Waals surface area contributed by atoms with Crippen molar-refractivity contribution in [2.45, 2.75) is 19.8 Å². The third kappa shape index (κ3) is 4.41. The molecule has 1 amide bonds. The number of aryl methyl sites for hydroxylation is 1. The van der Waals surface area contributed by atoms with Crippen LogP contribution >= 0.6 is 0 Å². The smallest absolute Gasteiger partial charge is 0.341 e. The Morgan fingerprint density at radius 1 is 1.15 bits per heavy atom. The number of rotatable bonds is 6. The summed E-state index contributed by atoms with van der Waals surface area (Å²) in [6.07, 6.45) is 2.45. The number of benzene rings is 2. The number of carbonyl (C=O) groups excluding carboxylic acids is 2. The number of carbonyl (C=O) groups is 2. The molecular weight excluding hydrogens is 342 g/mol. The quantitative estimate of drug-likeness (QED) is 0.653. The van der Waals surface area contributed by atoms with Crippen molar-refractivity contribution in [3.05, 3.63) is 65.9 Å². The number of nitrogens with one attached hydrogen (secondary N) is 1. The predicted molar refractivity (Wildman–Crippen MR) is 106 cm³/mol. The van der Waals surface area contributed by atoms with Crippen molar-refractivity contribution in [3.63, 3.8) is 0 Å². The van der Waals surface area contributed by atoms with E-state index in [0.717, 1.165) is 5.56 Å². The molecular formula is C21H21N3O3. The summed E-state index contributed by atoms with van der Waals surface area (Å²) in [5.41, 5.74) is 9.00. The summed E-state index contributed by atoms with van der Waals surface area (Å²) in [6, 6.07) is 15.1. The fourth-order valence-corrected chi connectivity index (χ4v) is 2.79. The maximum atomic E-state index is 12.2. The van der Waals surface area contributed by atoms with Gasteiger partial charge in [0.05, 0.1) is 17.8 Å². The largest absolute Gasteiger partial charge is 0.462 e. The van der Waals surface area contributed by atoms with E-state index >= 15 is 0 Å². The predicted octanol–water partition coefficient (Wildman–Crippen LogP) is 3.57. The first-order valence-electron chi connectivity index (χ1n) is 8.77. The highest BCUT2D eigenvalue weighted by Crippen LogP contribution is 2.26. The molecule has 1 aromatic heterocycles. The number of aromatic nitrogens is 1. The van der Waals surface area contributed by atoms with E-state index in [9.17, 15) is 9.59 Å². The van der Waals surface area contributed by atoms with E-state index in [4.69, 9.17) is 10.5 Å². The van der Waals surface area contributed by atoms with Gasteiger partial charge in [-0.25, -0.2) is 4.79 Å². The zero-order valence-electron chi connectivity index (χ0n) is 15.1. The van der Waals surface area contributed by atoms with Gasteiger partial charge < -0.3 is 15.8 Å². The fraction of sp³-hybridized carbons (Fsp3) is 0.190. The monoisotopic (exact) mass is 363 g/mol. The van der Waals surface area contributed by atoms with Crippen LogP contribution in [-0.4, -0.2) is 23.5 Å². The number of pyridine rings is 1. The van der Waals surface area contributed by atoms with Crippen molar-refractivity contribution in [2.75, 3.05) is 17.7 Å². The third-order valence-electron chi connectivity index (χ3n) is 4.17. The maximum absolute atomic E-state index is 12.2. The van der Waals surface area contributed by atoms with Gasteiger partial charge in [0.15, 0.2) is 0 Å². The van der Waals surface area contributed by atoms with Gasteiger partial charge in [-0.15, -0.1) is 0 Å². The number of hydrogen-bond acceptors (Lipinski definition) is 5. The highest BCUT2D eigenvalue weighted by Gasteiger charge is 2.15. The molecule has 1 heterocycles. The second-order valence-electron chi connectivity index (χ2n) is 6.07. The van der Waals surface area contributed by atoms with Gasteiger partial charge in [-0.1, -0.05) is 30.3 Å². The van der Waals surface area contributed by atoms with E-state index in [1.165, 1.54) is 6.20 Å². The molecule has 3 aromatic rings. The molecule has 3 N–H and O–H groups in total. The number of esters is 1. The molecule has 0 atom stereocenters. The normalized spacial score (nSPS) is 10.6. The van der Waals surface area contributed by atoms with E-state index in [1.807, 2.05) is 30.3 Å². The minimum Gasteiger partial charge on any atom is -0.462 e. The van der Waals surface area contributed by atoms with Crippen LogP contribution in [0.25, 0.3) is 10.9 Å². The first kappa shape index (κ1) is 18.4. The van der Waals surface area contributed by atoms with Crippen LogP contribution in [0.15, 0.2) is 54.7 Å². The van der Waals surface area contributed by atoms with Crippen molar-refractivity contribution in [3.8, 4) is 0 Å². The van der Waals surface area contributed by atoms with Gasteiger partial charge in [0, 0.05) is 23.7 Å². The zero-order valence-corrected chi connectivity index (χ0v) is 15.1. The van der Waals surface area contributed by atoms with E-state index in [0.29, 0.717) is 35.1 Å². The van der Waals surface area contributed by atoms with Gasteiger partial charge in [-0.2, -0.15) is 0 Å². The molecule has 0 aliphatic rings. The molecule has 6 heteroatoms. The Morgan fingerprint density at radius 2 is 1.93 bits per heavy atom. The number of ether oxygens (including phenoxy) is 1. The van der Waals surface area contributed by atoms with Crippen LogP contribution in [0.4, 0.5) is 11.4 Å². The van der Waals surface area contributed by atoms with E-state index in [2.05, 4.69) is 10.3 Å². The van der Waals surface area contributed by atoms with Crippen molar-refractivity contribution in [2.24, 2.45) is 0 Å². The Balaban J connectivity index is 1.76. The summed E-state index contributed by atoms with van der Waals surface area (Å²) in [7, 11) is 0. The molecule has 0 unspecified atom stereocenters. The van der Waals surface area contributed by atoms with Gasteiger partial charge in [0.2, 0.25) is 5.91 Å². The minimum atomic E-state index is -0.512. The van der Waals surface area contributed by atoms with E-state index in [-0.39, 0.29) is 18.1 Å². The van der Waals surface area contributed by atoms with Crippen LogP contribution in [0, 0.1) is 0 Å². The van der Waals surface area contributed by atoms with Gasteiger partial charge in [-0.05, 0) is 37.1 Å². The van der Waals surface area contributed by atoms with Crippen LogP contribution in [0.2, 0.25) is 0 Å². The molecule has 0 fully saturated rings. The molecule has 0 bridgehead atoms. The van der Waals surface area contributed by atoms with Crippen LogP contribution in [0.3, 0.4) is 0 Å². The fourth-order valence-electron chi connectivity index (χ4n) is 2.79. The SMILES string of the molecule is CCOC(=O)c1cnc2ccc(NC(=O)CCc3ccccc3)cc2c1N. The van der Waals surface area contributed by atoms with Gasteiger partial charge in [0.1, 0.15) is 5.56 Å². The first-order chi connectivity index (χ1) is 13.1. The van der Waals surface area contributed by atoms with Crippen LogP contribution in [-0.2, 0) is 16.0 Å². The molecule has 0 saturated heterocycles. The highest BCUT2D eigenvalue weighted by molar-refractivity contribution is 6.05. The molecule has 138 valence electrons. The Bertz CT molecular complexity index is 971. The van der Waals surface area contributed by atoms with Crippen LogP contribution < -0.4 is 11.1 Å². The van der Waals surface area contributed by atoms with Gasteiger partial charge >= 0.3 is 5.97 Å². The second kappa shape index (κ2) is 8.31. The molecule has 3 rings (SSSR count). The molecule has 0 aliphatic heterocycles. The summed E-state index contributed by atoms with van der Waals surface area (Å²) >= 11 is 0. The number of anilines is 2. The van der Waals surface area contributed by atoms with Gasteiger partial charge in [0.25, 0.3) is 0 Å². The summed E-state index contributed by atoms with van der Waals surface area (Å²) in [4.78, 5) is 28.5. The van der Waals surface area contributed by atoms with E-state index < -0.39 is 5.97 Å². The van der Waals surface area contributed by atoms with Crippen molar-refractivity contribution >= 4 is 34.2 Å². The van der Waals surface area contributed by atoms with Gasteiger partial charge in [-0.3, -0.25) is 9.78 Å². The lowest BCUT2D eigenvalue weighted by Gasteiger charge is -2.10. The summed E-state index contributed by atoms with van der Waals surface area (Å²) in [6.45, 7) is 1.99.